The van der Waals surface area contributed by atoms with Gasteiger partial charge in [-0.2, -0.15) is 0 Å². The highest BCUT2D eigenvalue weighted by Crippen LogP contribution is 2.21. The number of hydrogen-bond donors (Lipinski definition) is 1. The second-order valence-corrected chi connectivity index (χ2v) is 8.18. The molecule has 1 aliphatic heterocycles. The SMILES string of the molecule is CC[C@@H](CN[C@@H]1CCCS(=O)(=O)C1)c1ccc(Cl)cc1. The van der Waals surface area contributed by atoms with E-state index < -0.39 is 9.84 Å². The number of sulfone groups is 1. The molecule has 0 aromatic heterocycles. The first-order valence-corrected chi connectivity index (χ1v) is 9.39. The van der Waals surface area contributed by atoms with Crippen LogP contribution in [0, 0.1) is 0 Å². The summed E-state index contributed by atoms with van der Waals surface area (Å²) in [5.41, 5.74) is 1.25. The molecule has 1 heterocycles. The summed E-state index contributed by atoms with van der Waals surface area (Å²) in [7, 11) is -2.84. The Morgan fingerprint density at radius 3 is 2.65 bits per heavy atom. The number of rotatable bonds is 5. The van der Waals surface area contributed by atoms with Crippen LogP contribution >= 0.6 is 11.6 Å². The van der Waals surface area contributed by atoms with Gasteiger partial charge < -0.3 is 5.32 Å². The molecule has 0 aliphatic carbocycles. The van der Waals surface area contributed by atoms with Crippen molar-refractivity contribution in [2.45, 2.75) is 38.1 Å². The lowest BCUT2D eigenvalue weighted by Gasteiger charge is -2.25. The Hall–Kier alpha value is -0.580. The molecular weight excluding hydrogens is 294 g/mol. The minimum absolute atomic E-state index is 0.107. The lowest BCUT2D eigenvalue weighted by molar-refractivity contribution is 0.455. The number of nitrogens with one attached hydrogen (secondary N) is 1. The van der Waals surface area contributed by atoms with Crippen LogP contribution in [0.1, 0.15) is 37.7 Å². The first-order valence-electron chi connectivity index (χ1n) is 7.19. The van der Waals surface area contributed by atoms with E-state index in [0.29, 0.717) is 11.7 Å². The van der Waals surface area contributed by atoms with E-state index in [0.717, 1.165) is 30.8 Å². The summed E-state index contributed by atoms with van der Waals surface area (Å²) in [6, 6.07) is 8.02. The molecule has 20 heavy (non-hydrogen) atoms. The molecule has 0 amide bonds. The highest BCUT2D eigenvalue weighted by molar-refractivity contribution is 7.91. The van der Waals surface area contributed by atoms with Gasteiger partial charge in [-0.15, -0.1) is 0 Å². The largest absolute Gasteiger partial charge is 0.312 e. The van der Waals surface area contributed by atoms with E-state index in [9.17, 15) is 8.42 Å². The van der Waals surface area contributed by atoms with Crippen molar-refractivity contribution in [1.82, 2.24) is 5.32 Å². The first kappa shape index (κ1) is 15.8. The highest BCUT2D eigenvalue weighted by Gasteiger charge is 2.24. The molecule has 1 aromatic rings. The van der Waals surface area contributed by atoms with Gasteiger partial charge in [0.2, 0.25) is 0 Å². The van der Waals surface area contributed by atoms with Crippen molar-refractivity contribution in [1.29, 1.82) is 0 Å². The Morgan fingerprint density at radius 1 is 1.35 bits per heavy atom. The smallest absolute Gasteiger partial charge is 0.151 e. The third-order valence-electron chi connectivity index (χ3n) is 3.95. The maximum Gasteiger partial charge on any atom is 0.151 e. The molecule has 1 aromatic carbocycles. The maximum atomic E-state index is 11.6. The normalized spacial score (nSPS) is 23.4. The van der Waals surface area contributed by atoms with Crippen LogP contribution in [0.25, 0.3) is 0 Å². The van der Waals surface area contributed by atoms with Crippen LogP contribution in [0.4, 0.5) is 0 Å². The average molecular weight is 316 g/mol. The molecule has 1 fully saturated rings. The Bertz CT molecular complexity index is 527. The van der Waals surface area contributed by atoms with Crippen molar-refractivity contribution in [3.8, 4) is 0 Å². The van der Waals surface area contributed by atoms with Gasteiger partial charge in [0.15, 0.2) is 9.84 Å². The van der Waals surface area contributed by atoms with Crippen LogP contribution in [-0.4, -0.2) is 32.5 Å². The zero-order chi connectivity index (χ0) is 14.6. The second kappa shape index (κ2) is 6.92. The average Bonchev–Trinajstić information content (AvgIpc) is 2.40. The third-order valence-corrected chi connectivity index (χ3v) is 6.02. The van der Waals surface area contributed by atoms with Crippen LogP contribution < -0.4 is 5.32 Å². The van der Waals surface area contributed by atoms with E-state index in [-0.39, 0.29) is 11.8 Å². The van der Waals surface area contributed by atoms with E-state index in [1.807, 2.05) is 12.1 Å². The molecule has 5 heteroatoms. The van der Waals surface area contributed by atoms with Gasteiger partial charge >= 0.3 is 0 Å². The molecule has 2 rings (SSSR count). The van der Waals surface area contributed by atoms with E-state index >= 15 is 0 Å². The van der Waals surface area contributed by atoms with Gasteiger partial charge in [0.1, 0.15) is 0 Å². The molecular formula is C15H22ClNO2S. The highest BCUT2D eigenvalue weighted by atomic mass is 35.5. The zero-order valence-electron chi connectivity index (χ0n) is 11.8. The fourth-order valence-corrected chi connectivity index (χ4v) is 4.52. The molecule has 2 atom stereocenters. The molecule has 0 radical (unpaired) electrons. The van der Waals surface area contributed by atoms with E-state index in [4.69, 9.17) is 11.6 Å². The van der Waals surface area contributed by atoms with Gasteiger partial charge in [0.05, 0.1) is 11.5 Å². The predicted molar refractivity (Wildman–Crippen MR) is 84.2 cm³/mol. The van der Waals surface area contributed by atoms with Crippen LogP contribution in [0.5, 0.6) is 0 Å². The Balaban J connectivity index is 1.92. The zero-order valence-corrected chi connectivity index (χ0v) is 13.4. The van der Waals surface area contributed by atoms with Gasteiger partial charge in [-0.3, -0.25) is 0 Å². The summed E-state index contributed by atoms with van der Waals surface area (Å²) in [6.45, 7) is 2.97. The summed E-state index contributed by atoms with van der Waals surface area (Å²) in [6.07, 6.45) is 2.75. The van der Waals surface area contributed by atoms with Crippen LogP contribution in [0.2, 0.25) is 5.02 Å². The summed E-state index contributed by atoms with van der Waals surface area (Å²) in [4.78, 5) is 0. The Morgan fingerprint density at radius 2 is 2.05 bits per heavy atom. The fraction of sp³-hybridized carbons (Fsp3) is 0.600. The van der Waals surface area contributed by atoms with Crippen molar-refractivity contribution >= 4 is 21.4 Å². The molecule has 0 bridgehead atoms. The van der Waals surface area contributed by atoms with E-state index in [1.165, 1.54) is 5.56 Å². The van der Waals surface area contributed by atoms with E-state index in [1.54, 1.807) is 0 Å². The molecule has 0 spiro atoms. The summed E-state index contributed by atoms with van der Waals surface area (Å²) < 4.78 is 23.3. The van der Waals surface area contributed by atoms with E-state index in [2.05, 4.69) is 24.4 Å². The van der Waals surface area contributed by atoms with Crippen molar-refractivity contribution < 1.29 is 8.42 Å². The minimum Gasteiger partial charge on any atom is -0.312 e. The molecule has 0 unspecified atom stereocenters. The van der Waals surface area contributed by atoms with Gasteiger partial charge in [-0.25, -0.2) is 8.42 Å². The topological polar surface area (TPSA) is 46.2 Å². The van der Waals surface area contributed by atoms with Crippen LogP contribution in [-0.2, 0) is 9.84 Å². The molecule has 1 aliphatic rings. The fourth-order valence-electron chi connectivity index (χ4n) is 2.73. The Kier molecular flexibility index (Phi) is 5.47. The number of benzene rings is 1. The third kappa shape index (κ3) is 4.47. The molecule has 0 saturated carbocycles. The lowest BCUT2D eigenvalue weighted by atomic mass is 9.96. The molecule has 1 saturated heterocycles. The van der Waals surface area contributed by atoms with Crippen molar-refractivity contribution in [2.75, 3.05) is 18.1 Å². The van der Waals surface area contributed by atoms with Crippen molar-refractivity contribution in [3.05, 3.63) is 34.9 Å². The quantitative estimate of drug-likeness (QED) is 0.908. The lowest BCUT2D eigenvalue weighted by Crippen LogP contribution is -2.41. The first-order chi connectivity index (χ1) is 9.50. The van der Waals surface area contributed by atoms with Crippen LogP contribution in [0.15, 0.2) is 24.3 Å². The van der Waals surface area contributed by atoms with Crippen molar-refractivity contribution in [2.24, 2.45) is 0 Å². The van der Waals surface area contributed by atoms with Gasteiger partial charge in [-0.1, -0.05) is 30.7 Å². The summed E-state index contributed by atoms with van der Waals surface area (Å²) in [5, 5.41) is 4.17. The number of hydrogen-bond acceptors (Lipinski definition) is 3. The Labute approximate surface area is 126 Å². The maximum absolute atomic E-state index is 11.6. The molecule has 3 nitrogen and oxygen atoms in total. The van der Waals surface area contributed by atoms with Crippen molar-refractivity contribution in [3.63, 3.8) is 0 Å². The van der Waals surface area contributed by atoms with Gasteiger partial charge in [0, 0.05) is 17.6 Å². The van der Waals surface area contributed by atoms with Gasteiger partial charge in [-0.05, 0) is 42.9 Å². The summed E-state index contributed by atoms with van der Waals surface area (Å²) in [5.74, 6) is 1.03. The second-order valence-electron chi connectivity index (χ2n) is 5.52. The van der Waals surface area contributed by atoms with Crippen LogP contribution in [0.3, 0.4) is 0 Å². The number of halogens is 1. The summed E-state index contributed by atoms with van der Waals surface area (Å²) >= 11 is 5.91. The van der Waals surface area contributed by atoms with Gasteiger partial charge in [0.25, 0.3) is 0 Å². The standard InChI is InChI=1S/C15H22ClNO2S/c1-2-12(13-5-7-14(16)8-6-13)10-17-15-4-3-9-20(18,19)11-15/h5-8,12,15,17H,2-4,9-11H2,1H3/t12-,15+/m0/s1. The molecule has 1 N–H and O–H groups in total. The minimum atomic E-state index is -2.84. The monoisotopic (exact) mass is 315 g/mol. The molecule has 112 valence electrons. The predicted octanol–water partition coefficient (Wildman–Crippen LogP) is 3.00.